The SMILES string of the molecule is CCOC(=O)CCCCCNCCCCO. The largest absolute Gasteiger partial charge is 0.466 e. The Hall–Kier alpha value is -0.610. The molecule has 0 aromatic heterocycles. The Kier molecular flexibility index (Phi) is 12.0. The average Bonchev–Trinajstić information content (AvgIpc) is 2.27. The molecule has 0 aromatic carbocycles. The maximum atomic E-state index is 11.0. The fourth-order valence-corrected chi connectivity index (χ4v) is 1.42. The first-order chi connectivity index (χ1) is 7.81. The summed E-state index contributed by atoms with van der Waals surface area (Å²) >= 11 is 0. The van der Waals surface area contributed by atoms with Crippen molar-refractivity contribution in [2.24, 2.45) is 0 Å². The van der Waals surface area contributed by atoms with Gasteiger partial charge in [0.2, 0.25) is 0 Å². The van der Waals surface area contributed by atoms with Gasteiger partial charge in [-0.25, -0.2) is 0 Å². The van der Waals surface area contributed by atoms with Gasteiger partial charge in [0.15, 0.2) is 0 Å². The highest BCUT2D eigenvalue weighted by Crippen LogP contribution is 2.00. The Balaban J connectivity index is 3.01. The molecular weight excluding hydrogens is 206 g/mol. The van der Waals surface area contributed by atoms with Crippen molar-refractivity contribution in [2.75, 3.05) is 26.3 Å². The predicted octanol–water partition coefficient (Wildman–Crippen LogP) is 1.47. The molecule has 16 heavy (non-hydrogen) atoms. The van der Waals surface area contributed by atoms with Crippen LogP contribution in [0.15, 0.2) is 0 Å². The lowest BCUT2D eigenvalue weighted by Gasteiger charge is -2.04. The third kappa shape index (κ3) is 11.5. The van der Waals surface area contributed by atoms with Gasteiger partial charge >= 0.3 is 5.97 Å². The van der Waals surface area contributed by atoms with E-state index >= 15 is 0 Å². The van der Waals surface area contributed by atoms with E-state index in [0.29, 0.717) is 13.0 Å². The monoisotopic (exact) mass is 231 g/mol. The molecule has 0 aliphatic heterocycles. The van der Waals surface area contributed by atoms with Gasteiger partial charge in [-0.1, -0.05) is 6.42 Å². The lowest BCUT2D eigenvalue weighted by atomic mass is 10.2. The fraction of sp³-hybridized carbons (Fsp3) is 0.917. The number of hydrogen-bond acceptors (Lipinski definition) is 4. The zero-order chi connectivity index (χ0) is 12.1. The Morgan fingerprint density at radius 1 is 1.12 bits per heavy atom. The molecule has 0 saturated carbocycles. The van der Waals surface area contributed by atoms with Crippen LogP contribution in [0, 0.1) is 0 Å². The van der Waals surface area contributed by atoms with Crippen LogP contribution in [0.3, 0.4) is 0 Å². The number of nitrogens with one attached hydrogen (secondary N) is 1. The van der Waals surface area contributed by atoms with Gasteiger partial charge in [-0.15, -0.1) is 0 Å². The van der Waals surface area contributed by atoms with Crippen LogP contribution in [0.25, 0.3) is 0 Å². The molecule has 0 saturated heterocycles. The van der Waals surface area contributed by atoms with Crippen LogP contribution in [0.2, 0.25) is 0 Å². The van der Waals surface area contributed by atoms with Crippen LogP contribution >= 0.6 is 0 Å². The summed E-state index contributed by atoms with van der Waals surface area (Å²) in [4.78, 5) is 11.0. The molecule has 4 heteroatoms. The van der Waals surface area contributed by atoms with Gasteiger partial charge in [0.25, 0.3) is 0 Å². The first kappa shape index (κ1) is 15.4. The molecule has 2 N–H and O–H groups in total. The van der Waals surface area contributed by atoms with Crippen LogP contribution < -0.4 is 5.32 Å². The van der Waals surface area contributed by atoms with E-state index in [4.69, 9.17) is 9.84 Å². The van der Waals surface area contributed by atoms with E-state index in [1.165, 1.54) is 0 Å². The lowest BCUT2D eigenvalue weighted by Crippen LogP contribution is -2.17. The number of unbranched alkanes of at least 4 members (excludes halogenated alkanes) is 3. The van der Waals surface area contributed by atoms with Gasteiger partial charge in [0, 0.05) is 13.0 Å². The van der Waals surface area contributed by atoms with E-state index in [-0.39, 0.29) is 12.6 Å². The van der Waals surface area contributed by atoms with Crippen molar-refractivity contribution in [3.8, 4) is 0 Å². The molecule has 0 bridgehead atoms. The van der Waals surface area contributed by atoms with Gasteiger partial charge in [0.1, 0.15) is 0 Å². The molecule has 0 heterocycles. The van der Waals surface area contributed by atoms with Gasteiger partial charge in [-0.3, -0.25) is 4.79 Å². The van der Waals surface area contributed by atoms with E-state index in [9.17, 15) is 4.79 Å². The molecule has 0 aromatic rings. The minimum atomic E-state index is -0.0848. The minimum Gasteiger partial charge on any atom is -0.466 e. The second kappa shape index (κ2) is 12.5. The van der Waals surface area contributed by atoms with Crippen molar-refractivity contribution in [2.45, 2.75) is 45.4 Å². The summed E-state index contributed by atoms with van der Waals surface area (Å²) < 4.78 is 4.84. The Labute approximate surface area is 98.4 Å². The van der Waals surface area contributed by atoms with Crippen LogP contribution in [0.4, 0.5) is 0 Å². The van der Waals surface area contributed by atoms with Gasteiger partial charge in [-0.05, 0) is 45.7 Å². The standard InChI is InChI=1S/C12H25NO3/c1-2-16-12(15)8-4-3-5-9-13-10-6-7-11-14/h13-14H,2-11H2,1H3. The first-order valence-corrected chi connectivity index (χ1v) is 6.28. The zero-order valence-corrected chi connectivity index (χ0v) is 10.3. The van der Waals surface area contributed by atoms with E-state index in [1.807, 2.05) is 6.92 Å². The van der Waals surface area contributed by atoms with E-state index in [2.05, 4.69) is 5.32 Å². The summed E-state index contributed by atoms with van der Waals surface area (Å²) in [6, 6.07) is 0. The lowest BCUT2D eigenvalue weighted by molar-refractivity contribution is -0.143. The molecule has 4 nitrogen and oxygen atoms in total. The van der Waals surface area contributed by atoms with Crippen LogP contribution in [-0.4, -0.2) is 37.4 Å². The molecule has 96 valence electrons. The van der Waals surface area contributed by atoms with E-state index in [0.717, 1.165) is 45.2 Å². The second-order valence-corrected chi connectivity index (χ2v) is 3.80. The highest BCUT2D eigenvalue weighted by Gasteiger charge is 2.00. The summed E-state index contributed by atoms with van der Waals surface area (Å²) in [6.45, 7) is 4.55. The topological polar surface area (TPSA) is 58.6 Å². The smallest absolute Gasteiger partial charge is 0.305 e. The minimum absolute atomic E-state index is 0.0848. The molecule has 0 atom stereocenters. The number of carbonyl (C=O) groups is 1. The maximum absolute atomic E-state index is 11.0. The molecule has 0 aliphatic carbocycles. The normalized spacial score (nSPS) is 10.4. The quantitative estimate of drug-likeness (QED) is 0.417. The maximum Gasteiger partial charge on any atom is 0.305 e. The van der Waals surface area contributed by atoms with Gasteiger partial charge in [0.05, 0.1) is 6.61 Å². The number of ether oxygens (including phenoxy) is 1. The Morgan fingerprint density at radius 3 is 2.44 bits per heavy atom. The summed E-state index contributed by atoms with van der Waals surface area (Å²) in [6.07, 6.45) is 5.51. The summed E-state index contributed by atoms with van der Waals surface area (Å²) in [5.41, 5.74) is 0. The average molecular weight is 231 g/mol. The van der Waals surface area contributed by atoms with E-state index < -0.39 is 0 Å². The Bertz CT molecular complexity index is 162. The van der Waals surface area contributed by atoms with Gasteiger partial charge in [-0.2, -0.15) is 0 Å². The first-order valence-electron chi connectivity index (χ1n) is 6.28. The summed E-state index contributed by atoms with van der Waals surface area (Å²) in [7, 11) is 0. The van der Waals surface area contributed by atoms with Crippen LogP contribution in [0.1, 0.15) is 45.4 Å². The number of hydrogen-bond donors (Lipinski definition) is 2. The summed E-state index contributed by atoms with van der Waals surface area (Å²) in [5.74, 6) is -0.0848. The number of rotatable bonds is 11. The highest BCUT2D eigenvalue weighted by molar-refractivity contribution is 5.69. The molecule has 0 rings (SSSR count). The molecule has 0 radical (unpaired) electrons. The van der Waals surface area contributed by atoms with Crippen molar-refractivity contribution in [1.82, 2.24) is 5.32 Å². The van der Waals surface area contributed by atoms with E-state index in [1.54, 1.807) is 0 Å². The third-order valence-electron chi connectivity index (χ3n) is 2.30. The number of carbonyl (C=O) groups excluding carboxylic acids is 1. The number of aliphatic hydroxyl groups excluding tert-OH is 1. The number of esters is 1. The van der Waals surface area contributed by atoms with Crippen molar-refractivity contribution in [3.05, 3.63) is 0 Å². The van der Waals surface area contributed by atoms with Crippen molar-refractivity contribution in [3.63, 3.8) is 0 Å². The predicted molar refractivity (Wildman–Crippen MR) is 64.3 cm³/mol. The number of aliphatic hydroxyl groups is 1. The van der Waals surface area contributed by atoms with Crippen LogP contribution in [0.5, 0.6) is 0 Å². The molecule has 0 fully saturated rings. The fourth-order valence-electron chi connectivity index (χ4n) is 1.42. The molecule has 0 aliphatic rings. The van der Waals surface area contributed by atoms with Crippen molar-refractivity contribution in [1.29, 1.82) is 0 Å². The van der Waals surface area contributed by atoms with Gasteiger partial charge < -0.3 is 15.2 Å². The molecular formula is C12H25NO3. The second-order valence-electron chi connectivity index (χ2n) is 3.80. The summed E-state index contributed by atoms with van der Waals surface area (Å²) in [5, 5.41) is 11.9. The highest BCUT2D eigenvalue weighted by atomic mass is 16.5. The molecule has 0 amide bonds. The Morgan fingerprint density at radius 2 is 1.81 bits per heavy atom. The zero-order valence-electron chi connectivity index (χ0n) is 10.3. The molecule has 0 spiro atoms. The van der Waals surface area contributed by atoms with Crippen molar-refractivity contribution >= 4 is 5.97 Å². The van der Waals surface area contributed by atoms with Crippen molar-refractivity contribution < 1.29 is 14.6 Å². The van der Waals surface area contributed by atoms with Crippen LogP contribution in [-0.2, 0) is 9.53 Å². The molecule has 0 unspecified atom stereocenters. The third-order valence-corrected chi connectivity index (χ3v) is 2.30.